The number of hydrogen-bond donors (Lipinski definition) is 0. The van der Waals surface area contributed by atoms with E-state index in [1.54, 1.807) is 0 Å². The summed E-state index contributed by atoms with van der Waals surface area (Å²) < 4.78 is 0. The number of amides is 1. The highest BCUT2D eigenvalue weighted by atomic mass is 16.3. The predicted octanol–water partition coefficient (Wildman–Crippen LogP) is 6.40. The molecule has 3 heteroatoms. The Morgan fingerprint density at radius 2 is 1.10 bits per heavy atom. The summed E-state index contributed by atoms with van der Waals surface area (Å²) in [6.07, 6.45) is 16.4. The van der Waals surface area contributed by atoms with Gasteiger partial charge in [0, 0.05) is 11.1 Å². The van der Waals surface area contributed by atoms with Crippen LogP contribution in [0.25, 0.3) is 0 Å². The molecule has 0 spiro atoms. The molecule has 0 N–H and O–H groups in total. The van der Waals surface area contributed by atoms with E-state index in [9.17, 15) is 9.70 Å². The average molecular weight is 297 g/mol. The van der Waals surface area contributed by atoms with Gasteiger partial charge in [-0.1, -0.05) is 90.9 Å². The summed E-state index contributed by atoms with van der Waals surface area (Å²) in [5, 5.41) is 2.66. The Kier molecular flexibility index (Phi) is 15.1. The normalized spacial score (nSPS) is 11.0. The summed E-state index contributed by atoms with van der Waals surface area (Å²) >= 11 is 0. The van der Waals surface area contributed by atoms with Crippen molar-refractivity contribution in [3.05, 3.63) is 4.91 Å². The van der Waals surface area contributed by atoms with Crippen molar-refractivity contribution in [3.63, 3.8) is 0 Å². The molecule has 0 bridgehead atoms. The highest BCUT2D eigenvalue weighted by Gasteiger charge is 2.18. The molecule has 0 atom stereocenters. The van der Waals surface area contributed by atoms with E-state index in [0.29, 0.717) is 0 Å². The van der Waals surface area contributed by atoms with E-state index in [2.05, 4.69) is 19.0 Å². The Hall–Kier alpha value is -0.730. The maximum atomic E-state index is 11.6. The Morgan fingerprint density at radius 1 is 0.714 bits per heavy atom. The Morgan fingerprint density at radius 3 is 1.48 bits per heavy atom. The smallest absolute Gasteiger partial charge is 0.269 e. The second kappa shape index (κ2) is 15.7. The van der Waals surface area contributed by atoms with E-state index in [1.165, 1.54) is 64.2 Å². The first-order valence-electron chi connectivity index (χ1n) is 9.13. The van der Waals surface area contributed by atoms with Crippen LogP contribution in [0.4, 0.5) is 0 Å². The standard InChI is InChI=1S/C18H35NO2/c1-3-5-7-9-11-13-15-17(18(20)19-21)16-14-12-10-8-6-4-2/h17H,3-16H2,1-2H3. The number of carbonyl (C=O) groups excluding carboxylic acids is 1. The molecule has 3 nitrogen and oxygen atoms in total. The number of rotatable bonds is 15. The molecular weight excluding hydrogens is 262 g/mol. The molecule has 0 rings (SSSR count). The fourth-order valence-electron chi connectivity index (χ4n) is 2.81. The lowest BCUT2D eigenvalue weighted by atomic mass is 9.93. The fourth-order valence-corrected chi connectivity index (χ4v) is 2.81. The second-order valence-electron chi connectivity index (χ2n) is 6.24. The van der Waals surface area contributed by atoms with Gasteiger partial charge in [0.2, 0.25) is 0 Å². The van der Waals surface area contributed by atoms with Crippen LogP contribution in [-0.4, -0.2) is 5.91 Å². The van der Waals surface area contributed by atoms with Crippen LogP contribution in [0.5, 0.6) is 0 Å². The zero-order chi connectivity index (χ0) is 15.8. The highest BCUT2D eigenvalue weighted by molar-refractivity contribution is 5.79. The largest absolute Gasteiger partial charge is 0.289 e. The van der Waals surface area contributed by atoms with Gasteiger partial charge in [0.05, 0.1) is 0 Å². The van der Waals surface area contributed by atoms with Crippen molar-refractivity contribution in [2.45, 2.75) is 104 Å². The molecule has 0 heterocycles. The van der Waals surface area contributed by atoms with Gasteiger partial charge in [-0.3, -0.25) is 4.79 Å². The molecule has 0 aromatic carbocycles. The van der Waals surface area contributed by atoms with Crippen molar-refractivity contribution < 1.29 is 4.79 Å². The van der Waals surface area contributed by atoms with Crippen LogP contribution < -0.4 is 0 Å². The molecule has 0 radical (unpaired) electrons. The molecule has 124 valence electrons. The summed E-state index contributed by atoms with van der Waals surface area (Å²) in [7, 11) is 0. The fraction of sp³-hybridized carbons (Fsp3) is 0.944. The van der Waals surface area contributed by atoms with Gasteiger partial charge in [-0.15, -0.1) is 4.91 Å². The van der Waals surface area contributed by atoms with Crippen molar-refractivity contribution in [2.75, 3.05) is 0 Å². The third kappa shape index (κ3) is 12.7. The molecule has 0 unspecified atom stereocenters. The number of carbonyl (C=O) groups is 1. The minimum atomic E-state index is -0.419. The zero-order valence-corrected chi connectivity index (χ0v) is 14.2. The third-order valence-electron chi connectivity index (χ3n) is 4.25. The first-order chi connectivity index (χ1) is 10.3. The van der Waals surface area contributed by atoms with Crippen molar-refractivity contribution in [1.82, 2.24) is 0 Å². The van der Waals surface area contributed by atoms with Gasteiger partial charge in [-0.05, 0) is 12.8 Å². The molecule has 0 aliphatic heterocycles. The van der Waals surface area contributed by atoms with Crippen LogP contribution in [0.3, 0.4) is 0 Å². The van der Waals surface area contributed by atoms with E-state index in [-0.39, 0.29) is 5.92 Å². The van der Waals surface area contributed by atoms with E-state index >= 15 is 0 Å². The molecule has 0 aliphatic rings. The summed E-state index contributed by atoms with van der Waals surface area (Å²) in [6.45, 7) is 4.43. The molecule has 21 heavy (non-hydrogen) atoms. The maximum Gasteiger partial charge on any atom is 0.289 e. The molecular formula is C18H35NO2. The lowest BCUT2D eigenvalue weighted by molar-refractivity contribution is -0.122. The number of hydrogen-bond acceptors (Lipinski definition) is 2. The molecule has 0 aromatic heterocycles. The van der Waals surface area contributed by atoms with Gasteiger partial charge >= 0.3 is 0 Å². The first kappa shape index (κ1) is 20.3. The molecule has 0 fully saturated rings. The lowest BCUT2D eigenvalue weighted by Gasteiger charge is -2.11. The Balaban J connectivity index is 3.72. The van der Waals surface area contributed by atoms with E-state index < -0.39 is 5.91 Å². The minimum absolute atomic E-state index is 0.111. The van der Waals surface area contributed by atoms with Gasteiger partial charge in [-0.25, -0.2) is 0 Å². The van der Waals surface area contributed by atoms with Gasteiger partial charge in [0.25, 0.3) is 5.91 Å². The van der Waals surface area contributed by atoms with Crippen LogP contribution in [0, 0.1) is 10.8 Å². The summed E-state index contributed by atoms with van der Waals surface area (Å²) in [4.78, 5) is 22.1. The lowest BCUT2D eigenvalue weighted by Crippen LogP contribution is -2.12. The highest BCUT2D eigenvalue weighted by Crippen LogP contribution is 2.20. The zero-order valence-electron chi connectivity index (χ0n) is 14.2. The van der Waals surface area contributed by atoms with Gasteiger partial charge in [0.1, 0.15) is 0 Å². The van der Waals surface area contributed by atoms with Gasteiger partial charge < -0.3 is 0 Å². The quantitative estimate of drug-likeness (QED) is 0.259. The SMILES string of the molecule is CCCCCCCCC(CCCCCCCC)C(=O)N=O. The van der Waals surface area contributed by atoms with Crippen molar-refractivity contribution >= 4 is 5.91 Å². The first-order valence-corrected chi connectivity index (χ1v) is 9.13. The van der Waals surface area contributed by atoms with Crippen LogP contribution in [-0.2, 0) is 4.79 Å². The molecule has 0 aliphatic carbocycles. The number of nitroso groups, excluding NO2 is 1. The van der Waals surface area contributed by atoms with E-state index in [1.807, 2.05) is 0 Å². The van der Waals surface area contributed by atoms with E-state index in [4.69, 9.17) is 0 Å². The van der Waals surface area contributed by atoms with Crippen LogP contribution in [0.15, 0.2) is 5.18 Å². The molecule has 0 saturated carbocycles. The van der Waals surface area contributed by atoms with Crippen LogP contribution >= 0.6 is 0 Å². The van der Waals surface area contributed by atoms with Crippen LogP contribution in [0.1, 0.15) is 104 Å². The monoisotopic (exact) mass is 297 g/mol. The number of unbranched alkanes of at least 4 members (excludes halogenated alkanes) is 10. The van der Waals surface area contributed by atoms with Gasteiger partial charge in [-0.2, -0.15) is 0 Å². The third-order valence-corrected chi connectivity index (χ3v) is 4.25. The maximum absolute atomic E-state index is 11.6. The van der Waals surface area contributed by atoms with E-state index in [0.717, 1.165) is 25.7 Å². The predicted molar refractivity (Wildman–Crippen MR) is 90.3 cm³/mol. The topological polar surface area (TPSA) is 46.5 Å². The summed E-state index contributed by atoms with van der Waals surface area (Å²) in [5.41, 5.74) is 0. The minimum Gasteiger partial charge on any atom is -0.269 e. The Bertz CT molecular complexity index is 238. The van der Waals surface area contributed by atoms with Crippen molar-refractivity contribution in [3.8, 4) is 0 Å². The molecule has 0 aromatic rings. The van der Waals surface area contributed by atoms with Gasteiger partial charge in [0.15, 0.2) is 0 Å². The molecule has 1 amide bonds. The number of nitrogens with zero attached hydrogens (tertiary/aromatic N) is 1. The Labute approximate surface area is 131 Å². The van der Waals surface area contributed by atoms with Crippen LogP contribution in [0.2, 0.25) is 0 Å². The second-order valence-corrected chi connectivity index (χ2v) is 6.24. The molecule has 0 saturated heterocycles. The summed E-state index contributed by atoms with van der Waals surface area (Å²) in [6, 6.07) is 0. The van der Waals surface area contributed by atoms with Crippen molar-refractivity contribution in [1.29, 1.82) is 0 Å². The summed E-state index contributed by atoms with van der Waals surface area (Å²) in [5.74, 6) is -0.531. The average Bonchev–Trinajstić information content (AvgIpc) is 2.51. The van der Waals surface area contributed by atoms with Crippen molar-refractivity contribution in [2.24, 2.45) is 11.1 Å².